The lowest BCUT2D eigenvalue weighted by atomic mass is 10.3. The molecule has 1 saturated carbocycles. The van der Waals surface area contributed by atoms with Crippen molar-refractivity contribution in [3.63, 3.8) is 0 Å². The van der Waals surface area contributed by atoms with E-state index in [0.717, 1.165) is 18.3 Å². The minimum Gasteiger partial charge on any atom is -0.369 e. The van der Waals surface area contributed by atoms with Gasteiger partial charge in [-0.1, -0.05) is 12.8 Å². The molecule has 0 amide bonds. The number of rotatable bonds is 4. The second-order valence-electron chi connectivity index (χ2n) is 3.56. The topological polar surface area (TPSA) is 61.6 Å². The molecule has 0 aromatic carbocycles. The molecule has 72 valence electrons. The van der Waals surface area contributed by atoms with E-state index in [9.17, 15) is 0 Å². The summed E-state index contributed by atoms with van der Waals surface area (Å²) >= 11 is 0. The smallest absolute Gasteiger partial charge is 0.158 e. The molecule has 1 aliphatic rings. The van der Waals surface area contributed by atoms with E-state index in [4.69, 9.17) is 5.26 Å². The van der Waals surface area contributed by atoms with E-state index in [2.05, 4.69) is 15.3 Å². The van der Waals surface area contributed by atoms with E-state index >= 15 is 0 Å². The Morgan fingerprint density at radius 1 is 1.43 bits per heavy atom. The largest absolute Gasteiger partial charge is 0.369 e. The van der Waals surface area contributed by atoms with E-state index in [1.54, 1.807) is 6.20 Å². The zero-order valence-electron chi connectivity index (χ0n) is 7.90. The van der Waals surface area contributed by atoms with Gasteiger partial charge in [0.15, 0.2) is 5.69 Å². The zero-order valence-corrected chi connectivity index (χ0v) is 7.90. The van der Waals surface area contributed by atoms with Crippen LogP contribution in [0.2, 0.25) is 0 Å². The first-order valence-corrected chi connectivity index (χ1v) is 4.84. The summed E-state index contributed by atoms with van der Waals surface area (Å²) < 4.78 is 0. The zero-order chi connectivity index (χ0) is 9.80. The molecule has 4 nitrogen and oxygen atoms in total. The number of aromatic nitrogens is 2. The Bertz CT molecular complexity index is 334. The molecule has 14 heavy (non-hydrogen) atoms. The molecular weight excluding hydrogens is 176 g/mol. The third kappa shape index (κ3) is 2.43. The van der Waals surface area contributed by atoms with Crippen molar-refractivity contribution in [1.82, 2.24) is 9.97 Å². The van der Waals surface area contributed by atoms with Crippen LogP contribution in [0.25, 0.3) is 0 Å². The summed E-state index contributed by atoms with van der Waals surface area (Å²) in [6.07, 6.45) is 7.05. The third-order valence-electron chi connectivity index (χ3n) is 2.32. The first-order valence-electron chi connectivity index (χ1n) is 4.84. The van der Waals surface area contributed by atoms with Crippen LogP contribution < -0.4 is 5.32 Å². The third-order valence-corrected chi connectivity index (χ3v) is 2.32. The van der Waals surface area contributed by atoms with Crippen molar-refractivity contribution in [2.75, 3.05) is 11.9 Å². The fourth-order valence-corrected chi connectivity index (χ4v) is 1.29. The summed E-state index contributed by atoms with van der Waals surface area (Å²) in [5, 5.41) is 11.7. The van der Waals surface area contributed by atoms with Crippen LogP contribution in [-0.2, 0) is 0 Å². The van der Waals surface area contributed by atoms with Crippen LogP contribution in [-0.4, -0.2) is 16.5 Å². The molecule has 0 aliphatic heterocycles. The highest BCUT2D eigenvalue weighted by atomic mass is 15.0. The number of anilines is 1. The second kappa shape index (κ2) is 4.05. The minimum atomic E-state index is 0.359. The Morgan fingerprint density at radius 3 is 2.86 bits per heavy atom. The van der Waals surface area contributed by atoms with E-state index in [1.165, 1.54) is 25.5 Å². The van der Waals surface area contributed by atoms with Crippen LogP contribution in [0.1, 0.15) is 25.0 Å². The first-order chi connectivity index (χ1) is 6.88. The van der Waals surface area contributed by atoms with Gasteiger partial charge in [-0.2, -0.15) is 5.26 Å². The summed E-state index contributed by atoms with van der Waals surface area (Å²) in [4.78, 5) is 8.00. The predicted molar refractivity (Wildman–Crippen MR) is 52.6 cm³/mol. The predicted octanol–water partition coefficient (Wildman–Crippen LogP) is 1.56. The molecule has 0 atom stereocenters. The monoisotopic (exact) mass is 188 g/mol. The quantitative estimate of drug-likeness (QED) is 0.778. The van der Waals surface area contributed by atoms with Gasteiger partial charge in [0.05, 0.1) is 12.4 Å². The molecule has 0 saturated heterocycles. The number of hydrogen-bond donors (Lipinski definition) is 1. The summed E-state index contributed by atoms with van der Waals surface area (Å²) in [5.74, 6) is 1.68. The Balaban J connectivity index is 1.80. The standard InChI is InChI=1S/C10H12N4/c11-5-9-6-14-10(7-13-9)12-4-3-8-1-2-8/h6-8H,1-4H2,(H,12,14). The molecule has 1 heterocycles. The molecule has 0 spiro atoms. The molecule has 1 aliphatic carbocycles. The van der Waals surface area contributed by atoms with E-state index in [-0.39, 0.29) is 0 Å². The van der Waals surface area contributed by atoms with Gasteiger partial charge in [-0.05, 0) is 12.3 Å². The van der Waals surface area contributed by atoms with Gasteiger partial charge < -0.3 is 5.32 Å². The molecule has 1 aromatic rings. The average molecular weight is 188 g/mol. The number of nitriles is 1. The van der Waals surface area contributed by atoms with Crippen LogP contribution in [0, 0.1) is 17.2 Å². The van der Waals surface area contributed by atoms with Gasteiger partial charge in [0, 0.05) is 6.54 Å². The van der Waals surface area contributed by atoms with Gasteiger partial charge >= 0.3 is 0 Å². The Kier molecular flexibility index (Phi) is 2.59. The van der Waals surface area contributed by atoms with Gasteiger partial charge in [0.2, 0.25) is 0 Å². The summed E-state index contributed by atoms with van der Waals surface area (Å²) in [7, 11) is 0. The van der Waals surface area contributed by atoms with Gasteiger partial charge in [0.25, 0.3) is 0 Å². The molecule has 2 rings (SSSR count). The van der Waals surface area contributed by atoms with Crippen LogP contribution in [0.5, 0.6) is 0 Å². The average Bonchev–Trinajstić information content (AvgIpc) is 3.03. The highest BCUT2D eigenvalue weighted by Gasteiger charge is 2.20. The Morgan fingerprint density at radius 2 is 2.29 bits per heavy atom. The fraction of sp³-hybridized carbons (Fsp3) is 0.500. The summed E-state index contributed by atoms with van der Waals surface area (Å²) in [6, 6.07) is 1.94. The van der Waals surface area contributed by atoms with Crippen molar-refractivity contribution in [2.24, 2.45) is 5.92 Å². The van der Waals surface area contributed by atoms with Gasteiger partial charge in [-0.25, -0.2) is 9.97 Å². The van der Waals surface area contributed by atoms with Crippen molar-refractivity contribution in [3.8, 4) is 6.07 Å². The molecule has 4 heteroatoms. The number of nitrogens with one attached hydrogen (secondary N) is 1. The molecule has 1 aromatic heterocycles. The van der Waals surface area contributed by atoms with Gasteiger partial charge in [0.1, 0.15) is 11.9 Å². The molecule has 1 fully saturated rings. The highest BCUT2D eigenvalue weighted by Crippen LogP contribution is 2.31. The molecule has 0 bridgehead atoms. The maximum atomic E-state index is 8.51. The van der Waals surface area contributed by atoms with Crippen molar-refractivity contribution < 1.29 is 0 Å². The Labute approximate surface area is 83.0 Å². The molecular formula is C10H12N4. The highest BCUT2D eigenvalue weighted by molar-refractivity contribution is 5.32. The van der Waals surface area contributed by atoms with Crippen LogP contribution in [0.4, 0.5) is 5.82 Å². The maximum absolute atomic E-state index is 8.51. The number of nitrogens with zero attached hydrogens (tertiary/aromatic N) is 3. The SMILES string of the molecule is N#Cc1cnc(NCCC2CC2)cn1. The van der Waals surface area contributed by atoms with Crippen LogP contribution >= 0.6 is 0 Å². The fourth-order valence-electron chi connectivity index (χ4n) is 1.29. The van der Waals surface area contributed by atoms with E-state index in [0.29, 0.717) is 5.69 Å². The lowest BCUT2D eigenvalue weighted by Gasteiger charge is -2.03. The van der Waals surface area contributed by atoms with Crippen molar-refractivity contribution in [1.29, 1.82) is 5.26 Å². The molecule has 1 N–H and O–H groups in total. The summed E-state index contributed by atoms with van der Waals surface area (Å²) in [5.41, 5.74) is 0.359. The van der Waals surface area contributed by atoms with E-state index < -0.39 is 0 Å². The lowest BCUT2D eigenvalue weighted by molar-refractivity contribution is 0.758. The summed E-state index contributed by atoms with van der Waals surface area (Å²) in [6.45, 7) is 0.950. The molecule has 0 unspecified atom stereocenters. The minimum absolute atomic E-state index is 0.359. The van der Waals surface area contributed by atoms with E-state index in [1.807, 2.05) is 6.07 Å². The second-order valence-corrected chi connectivity index (χ2v) is 3.56. The van der Waals surface area contributed by atoms with Crippen LogP contribution in [0.15, 0.2) is 12.4 Å². The Hall–Kier alpha value is -1.63. The normalized spacial score (nSPS) is 14.8. The van der Waals surface area contributed by atoms with Crippen LogP contribution in [0.3, 0.4) is 0 Å². The van der Waals surface area contributed by atoms with Gasteiger partial charge in [-0.15, -0.1) is 0 Å². The first kappa shape index (κ1) is 8.95. The lowest BCUT2D eigenvalue weighted by Crippen LogP contribution is -2.04. The maximum Gasteiger partial charge on any atom is 0.158 e. The van der Waals surface area contributed by atoms with Crippen molar-refractivity contribution in [3.05, 3.63) is 18.1 Å². The number of hydrogen-bond acceptors (Lipinski definition) is 4. The van der Waals surface area contributed by atoms with Gasteiger partial charge in [-0.3, -0.25) is 0 Å². The van der Waals surface area contributed by atoms with Crippen molar-refractivity contribution >= 4 is 5.82 Å². The van der Waals surface area contributed by atoms with Crippen molar-refractivity contribution in [2.45, 2.75) is 19.3 Å². The molecule has 0 radical (unpaired) electrons.